The van der Waals surface area contributed by atoms with Gasteiger partial charge in [-0.25, -0.2) is 4.99 Å². The summed E-state index contributed by atoms with van der Waals surface area (Å²) in [7, 11) is 3.66. The third kappa shape index (κ3) is 6.28. The second kappa shape index (κ2) is 11.6. The summed E-state index contributed by atoms with van der Waals surface area (Å²) in [5.74, 6) is 5.70. The quantitative estimate of drug-likeness (QED) is 0.313. The molecule has 2 N–H and O–H groups in total. The van der Waals surface area contributed by atoms with Crippen LogP contribution in [0, 0.1) is 6.92 Å². The average Bonchev–Trinajstić information content (AvgIpc) is 3.37. The first-order valence-corrected chi connectivity index (χ1v) is 12.0. The summed E-state index contributed by atoms with van der Waals surface area (Å²) < 4.78 is 13.4. The highest BCUT2D eigenvalue weighted by Crippen LogP contribution is 2.38. The van der Waals surface area contributed by atoms with Crippen molar-refractivity contribution in [3.63, 3.8) is 0 Å². The lowest BCUT2D eigenvalue weighted by Crippen LogP contribution is -2.51. The van der Waals surface area contributed by atoms with E-state index >= 15 is 0 Å². The van der Waals surface area contributed by atoms with Crippen LogP contribution < -0.4 is 15.4 Å². The van der Waals surface area contributed by atoms with E-state index in [4.69, 9.17) is 14.5 Å². The van der Waals surface area contributed by atoms with E-state index in [1.54, 1.807) is 7.11 Å². The molecule has 0 saturated carbocycles. The zero-order valence-electron chi connectivity index (χ0n) is 19.0. The van der Waals surface area contributed by atoms with Crippen LogP contribution in [0.5, 0.6) is 5.75 Å². The number of methoxy groups -OCH3 is 1. The van der Waals surface area contributed by atoms with Gasteiger partial charge in [-0.1, -0.05) is 12.1 Å². The predicted octanol–water partition coefficient (Wildman–Crippen LogP) is 3.04. The Kier molecular flexibility index (Phi) is 9.06. The maximum atomic E-state index is 6.18. The van der Waals surface area contributed by atoms with Gasteiger partial charge in [0, 0.05) is 25.4 Å². The van der Waals surface area contributed by atoms with Gasteiger partial charge >= 0.3 is 0 Å². The first-order chi connectivity index (χ1) is 15.1. The van der Waals surface area contributed by atoms with Gasteiger partial charge < -0.3 is 24.7 Å². The Morgan fingerprint density at radius 2 is 2.16 bits per heavy atom. The standard InChI is InChI=1S/C22H32N6O2S.HI/c1-16-26-27-20(28(16)2)14-24-21(23-13-17-4-6-19(29-3)7-5-17)25-18-8-10-30-22(12-18)9-11-31-15-22;/h4-7,18H,8-15H2,1-3H3,(H2,23,24,25);1H. The molecule has 2 aliphatic heterocycles. The number of ether oxygens (including phenoxy) is 2. The first kappa shape index (κ1) is 25.1. The average molecular weight is 573 g/mol. The van der Waals surface area contributed by atoms with E-state index in [-0.39, 0.29) is 29.6 Å². The van der Waals surface area contributed by atoms with Crippen molar-refractivity contribution >= 4 is 41.7 Å². The van der Waals surface area contributed by atoms with Gasteiger partial charge in [0.15, 0.2) is 11.8 Å². The lowest BCUT2D eigenvalue weighted by Gasteiger charge is -2.38. The van der Waals surface area contributed by atoms with Crippen LogP contribution in [-0.4, -0.2) is 57.6 Å². The third-order valence-electron chi connectivity index (χ3n) is 6.08. The normalized spacial score (nSPS) is 23.1. The van der Waals surface area contributed by atoms with Crippen molar-refractivity contribution in [2.24, 2.45) is 12.0 Å². The molecule has 2 aromatic rings. The molecule has 0 aliphatic carbocycles. The van der Waals surface area contributed by atoms with Crippen LogP contribution >= 0.6 is 35.7 Å². The summed E-state index contributed by atoms with van der Waals surface area (Å²) in [5, 5.41) is 15.5. The fraction of sp³-hybridized carbons (Fsp3) is 0.591. The van der Waals surface area contributed by atoms with Gasteiger partial charge in [0.05, 0.1) is 25.8 Å². The van der Waals surface area contributed by atoms with Crippen LogP contribution in [-0.2, 0) is 24.9 Å². The molecule has 2 unspecified atom stereocenters. The molecule has 2 atom stereocenters. The highest BCUT2D eigenvalue weighted by atomic mass is 127. The van der Waals surface area contributed by atoms with Gasteiger partial charge in [-0.05, 0) is 49.6 Å². The van der Waals surface area contributed by atoms with Crippen molar-refractivity contribution in [1.82, 2.24) is 25.4 Å². The first-order valence-electron chi connectivity index (χ1n) is 10.8. The molecule has 2 aliphatic rings. The minimum Gasteiger partial charge on any atom is -0.497 e. The van der Waals surface area contributed by atoms with Crippen LogP contribution in [0.15, 0.2) is 29.3 Å². The number of aromatic nitrogens is 3. The summed E-state index contributed by atoms with van der Waals surface area (Å²) in [6.07, 6.45) is 3.14. The van der Waals surface area contributed by atoms with Gasteiger partial charge in [0.2, 0.25) is 0 Å². The Labute approximate surface area is 211 Å². The zero-order chi connectivity index (χ0) is 21.7. The van der Waals surface area contributed by atoms with E-state index in [0.717, 1.165) is 60.5 Å². The number of benzene rings is 1. The molecule has 8 nitrogen and oxygen atoms in total. The smallest absolute Gasteiger partial charge is 0.192 e. The van der Waals surface area contributed by atoms with Gasteiger partial charge in [0.25, 0.3) is 0 Å². The van der Waals surface area contributed by atoms with Crippen LogP contribution in [0.2, 0.25) is 0 Å². The molecule has 2 saturated heterocycles. The largest absolute Gasteiger partial charge is 0.497 e. The molecule has 176 valence electrons. The third-order valence-corrected chi connectivity index (χ3v) is 7.30. The van der Waals surface area contributed by atoms with Gasteiger partial charge in [-0.3, -0.25) is 0 Å². The molecule has 1 aromatic heterocycles. The van der Waals surface area contributed by atoms with Crippen molar-refractivity contribution in [1.29, 1.82) is 0 Å². The monoisotopic (exact) mass is 572 g/mol. The maximum absolute atomic E-state index is 6.18. The molecule has 0 bridgehead atoms. The zero-order valence-corrected chi connectivity index (χ0v) is 22.1. The summed E-state index contributed by atoms with van der Waals surface area (Å²) in [6.45, 7) is 3.90. The van der Waals surface area contributed by atoms with Gasteiger partial charge in [0.1, 0.15) is 11.6 Å². The van der Waals surface area contributed by atoms with E-state index < -0.39 is 0 Å². The SMILES string of the molecule is COc1ccc(CN=C(NCc2nnc(C)n2C)NC2CCOC3(CCSC3)C2)cc1.I. The second-order valence-corrected chi connectivity index (χ2v) is 9.36. The lowest BCUT2D eigenvalue weighted by molar-refractivity contribution is -0.0679. The van der Waals surface area contributed by atoms with Crippen molar-refractivity contribution in [3.8, 4) is 5.75 Å². The molecular weight excluding hydrogens is 539 g/mol. The fourth-order valence-electron chi connectivity index (χ4n) is 4.03. The summed E-state index contributed by atoms with van der Waals surface area (Å²) in [4.78, 5) is 4.86. The predicted molar refractivity (Wildman–Crippen MR) is 139 cm³/mol. The van der Waals surface area contributed by atoms with Crippen LogP contribution in [0.1, 0.15) is 36.5 Å². The Morgan fingerprint density at radius 3 is 2.81 bits per heavy atom. The van der Waals surface area contributed by atoms with E-state index in [9.17, 15) is 0 Å². The lowest BCUT2D eigenvalue weighted by atomic mass is 9.90. The van der Waals surface area contributed by atoms with E-state index in [0.29, 0.717) is 19.1 Å². The van der Waals surface area contributed by atoms with Crippen molar-refractivity contribution in [2.75, 3.05) is 25.2 Å². The number of thioether (sulfide) groups is 1. The number of nitrogens with zero attached hydrogens (tertiary/aromatic N) is 4. The van der Waals surface area contributed by atoms with E-state index in [1.807, 2.05) is 54.6 Å². The van der Waals surface area contributed by atoms with Crippen molar-refractivity contribution < 1.29 is 9.47 Å². The number of guanidine groups is 1. The van der Waals surface area contributed by atoms with Crippen LogP contribution in [0.3, 0.4) is 0 Å². The van der Waals surface area contributed by atoms with E-state index in [1.165, 1.54) is 5.75 Å². The molecule has 2 fully saturated rings. The molecule has 32 heavy (non-hydrogen) atoms. The molecule has 1 aromatic carbocycles. The molecule has 3 heterocycles. The highest BCUT2D eigenvalue weighted by molar-refractivity contribution is 14.0. The maximum Gasteiger partial charge on any atom is 0.192 e. The Bertz CT molecular complexity index is 898. The van der Waals surface area contributed by atoms with Crippen LogP contribution in [0.25, 0.3) is 0 Å². The number of aliphatic imine (C=N–C) groups is 1. The second-order valence-electron chi connectivity index (χ2n) is 8.26. The highest BCUT2D eigenvalue weighted by Gasteiger charge is 2.40. The van der Waals surface area contributed by atoms with E-state index in [2.05, 4.69) is 20.8 Å². The number of halogens is 1. The summed E-state index contributed by atoms with van der Waals surface area (Å²) >= 11 is 2.00. The number of aryl methyl sites for hydroxylation is 1. The van der Waals surface area contributed by atoms with Crippen molar-refractivity contribution in [3.05, 3.63) is 41.5 Å². The number of nitrogens with one attached hydrogen (secondary N) is 2. The number of hydrogen-bond acceptors (Lipinski definition) is 6. The Balaban J connectivity index is 0.00000289. The Hall–Kier alpha value is -1.53. The molecule has 1 spiro atoms. The molecule has 0 amide bonds. The molecule has 0 radical (unpaired) electrons. The summed E-state index contributed by atoms with van der Waals surface area (Å²) in [5.41, 5.74) is 1.16. The molecule has 4 rings (SSSR count). The minimum atomic E-state index is 0. The molecular formula is C22H33IN6O2S. The van der Waals surface area contributed by atoms with Crippen molar-refractivity contribution in [2.45, 2.75) is 50.9 Å². The Morgan fingerprint density at radius 1 is 1.34 bits per heavy atom. The van der Waals surface area contributed by atoms with Crippen LogP contribution in [0.4, 0.5) is 0 Å². The van der Waals surface area contributed by atoms with Gasteiger partial charge in [-0.2, -0.15) is 11.8 Å². The van der Waals surface area contributed by atoms with Gasteiger partial charge in [-0.15, -0.1) is 34.2 Å². The fourth-order valence-corrected chi connectivity index (χ4v) is 5.41. The number of hydrogen-bond donors (Lipinski definition) is 2. The number of rotatable bonds is 6. The minimum absolute atomic E-state index is 0. The topological polar surface area (TPSA) is 85.6 Å². The molecule has 10 heteroatoms. The summed E-state index contributed by atoms with van der Waals surface area (Å²) in [6, 6.07) is 8.37.